The molecule has 0 spiro atoms. The zero-order valence-electron chi connectivity index (χ0n) is 21.1. The van der Waals surface area contributed by atoms with Gasteiger partial charge in [0.1, 0.15) is 0 Å². The summed E-state index contributed by atoms with van der Waals surface area (Å²) in [6.07, 6.45) is 11.9. The van der Waals surface area contributed by atoms with Gasteiger partial charge in [-0.2, -0.15) is 25.3 Å². The van der Waals surface area contributed by atoms with Crippen LogP contribution in [0.5, 0.6) is 0 Å². The fraction of sp³-hybridized carbons (Fsp3) is 1.00. The maximum absolute atomic E-state index is 5.52. The van der Waals surface area contributed by atoms with E-state index >= 15 is 0 Å². The van der Waals surface area contributed by atoms with E-state index in [-0.39, 0.29) is 5.92 Å². The third-order valence-electron chi connectivity index (χ3n) is 5.54. The van der Waals surface area contributed by atoms with E-state index in [2.05, 4.69) is 32.2 Å². The van der Waals surface area contributed by atoms with Gasteiger partial charge in [0.2, 0.25) is 0 Å². The van der Waals surface area contributed by atoms with Crippen molar-refractivity contribution in [3.8, 4) is 0 Å². The van der Waals surface area contributed by atoms with Crippen molar-refractivity contribution >= 4 is 34.1 Å². The van der Waals surface area contributed by atoms with E-state index < -0.39 is 14.8 Å². The molecule has 0 rings (SSSR count). The van der Waals surface area contributed by atoms with Crippen LogP contribution in [0.4, 0.5) is 0 Å². The lowest BCUT2D eigenvalue weighted by molar-refractivity contribution is -0.380. The summed E-state index contributed by atoms with van der Waals surface area (Å²) >= 11 is 8.41. The van der Waals surface area contributed by atoms with Crippen LogP contribution in [0.1, 0.15) is 71.1 Å². The van der Waals surface area contributed by atoms with Crippen LogP contribution >= 0.6 is 25.3 Å². The molecule has 0 amide bonds. The lowest BCUT2D eigenvalue weighted by atomic mass is 9.93. The summed E-state index contributed by atoms with van der Waals surface area (Å²) in [7, 11) is 7.55. The molecule has 190 valence electrons. The van der Waals surface area contributed by atoms with E-state index in [1.54, 1.807) is 42.7 Å². The van der Waals surface area contributed by atoms with Crippen LogP contribution < -0.4 is 0 Å². The molecule has 0 saturated heterocycles. The molecule has 0 fully saturated rings. The average molecular weight is 503 g/mol. The highest BCUT2D eigenvalue weighted by molar-refractivity contribution is 7.80. The summed E-state index contributed by atoms with van der Waals surface area (Å²) < 4.78 is 32.2. The minimum absolute atomic E-state index is 0.265. The normalized spacial score (nSPS) is 13.1. The van der Waals surface area contributed by atoms with Gasteiger partial charge in [0, 0.05) is 54.6 Å². The Morgan fingerprint density at radius 1 is 0.645 bits per heavy atom. The van der Waals surface area contributed by atoms with Gasteiger partial charge in [-0.1, -0.05) is 45.4 Å². The minimum Gasteiger partial charge on any atom is -0.377 e. The number of thiol groups is 2. The van der Waals surface area contributed by atoms with Crippen molar-refractivity contribution in [3.63, 3.8) is 0 Å². The van der Waals surface area contributed by atoms with Crippen molar-refractivity contribution in [1.29, 1.82) is 0 Å². The fourth-order valence-electron chi connectivity index (χ4n) is 3.61. The molecule has 0 N–H and O–H groups in total. The molecular formula is C22H50O6S2Si. The van der Waals surface area contributed by atoms with E-state index in [4.69, 9.17) is 27.5 Å². The van der Waals surface area contributed by atoms with Crippen LogP contribution in [0.25, 0.3) is 0 Å². The van der Waals surface area contributed by atoms with Crippen molar-refractivity contribution in [2.75, 3.05) is 54.2 Å². The number of rotatable bonds is 20. The van der Waals surface area contributed by atoms with Gasteiger partial charge in [-0.25, -0.2) is 0 Å². The Balaban J connectivity index is 0. The largest absolute Gasteiger partial charge is 0.500 e. The lowest BCUT2D eigenvalue weighted by Gasteiger charge is -2.36. The van der Waals surface area contributed by atoms with Crippen LogP contribution in [0.2, 0.25) is 6.04 Å². The molecule has 0 bridgehead atoms. The highest BCUT2D eigenvalue weighted by atomic mass is 32.1. The molecular weight excluding hydrogens is 452 g/mol. The average Bonchev–Trinajstić information content (AvgIpc) is 2.82. The molecule has 6 nitrogen and oxygen atoms in total. The first kappa shape index (κ1) is 33.8. The topological polar surface area (TPSA) is 55.4 Å². The van der Waals surface area contributed by atoms with Gasteiger partial charge in [0.05, 0.1) is 0 Å². The first-order valence-corrected chi connectivity index (χ1v) is 14.7. The van der Waals surface area contributed by atoms with Crippen molar-refractivity contribution < 1.29 is 27.5 Å². The van der Waals surface area contributed by atoms with E-state index in [1.807, 2.05) is 0 Å². The monoisotopic (exact) mass is 502 g/mol. The van der Waals surface area contributed by atoms with Gasteiger partial charge < -0.3 is 27.5 Å². The summed E-state index contributed by atoms with van der Waals surface area (Å²) in [4.78, 5) is 0. The Morgan fingerprint density at radius 3 is 1.52 bits per heavy atom. The maximum Gasteiger partial charge on any atom is 0.500 e. The first-order valence-electron chi connectivity index (χ1n) is 11.5. The van der Waals surface area contributed by atoms with Crippen LogP contribution in [-0.4, -0.2) is 68.9 Å². The van der Waals surface area contributed by atoms with Crippen LogP contribution in [0, 0.1) is 5.92 Å². The zero-order chi connectivity index (χ0) is 24.0. The number of hydrogen-bond donors (Lipinski definition) is 2. The quantitative estimate of drug-likeness (QED) is 0.0944. The molecule has 0 aliphatic rings. The number of hydrogen-bond acceptors (Lipinski definition) is 8. The molecule has 0 heterocycles. The van der Waals surface area contributed by atoms with Crippen LogP contribution in [0.15, 0.2) is 0 Å². The van der Waals surface area contributed by atoms with E-state index in [1.165, 1.54) is 38.5 Å². The maximum atomic E-state index is 5.52. The number of unbranched alkanes of at least 4 members (excludes halogenated alkanes) is 5. The molecule has 0 aliphatic carbocycles. The highest BCUT2D eigenvalue weighted by Gasteiger charge is 2.39. The second-order valence-corrected chi connectivity index (χ2v) is 11.4. The van der Waals surface area contributed by atoms with Gasteiger partial charge in [0.25, 0.3) is 5.97 Å². The molecule has 1 atom stereocenters. The third-order valence-corrected chi connectivity index (χ3v) is 9.01. The standard InChI is InChI=1S/C16H34O3S.C6H16O3SSi/c1-5-6-7-8-9-10-12-15(13-11-14-20)16(17-2,18-3)19-4;1-7-11(8-2,9-3)6-4-5-10/h15,20H,5-14H2,1-4H3;10H,4-6H2,1-3H3. The van der Waals surface area contributed by atoms with Crippen molar-refractivity contribution in [2.45, 2.75) is 83.1 Å². The predicted octanol–water partition coefficient (Wildman–Crippen LogP) is 5.84. The second kappa shape index (κ2) is 22.5. The van der Waals surface area contributed by atoms with Gasteiger partial charge in [-0.3, -0.25) is 0 Å². The van der Waals surface area contributed by atoms with Gasteiger partial charge in [0.15, 0.2) is 0 Å². The summed E-state index contributed by atoms with van der Waals surface area (Å²) in [6, 6.07) is 0.833. The smallest absolute Gasteiger partial charge is 0.377 e. The molecule has 0 aromatic rings. The number of methoxy groups -OCH3 is 3. The highest BCUT2D eigenvalue weighted by Crippen LogP contribution is 2.32. The van der Waals surface area contributed by atoms with E-state index in [0.717, 1.165) is 43.2 Å². The minimum atomic E-state index is -2.29. The fourth-order valence-corrected chi connectivity index (χ4v) is 5.97. The van der Waals surface area contributed by atoms with Gasteiger partial charge in [-0.15, -0.1) is 0 Å². The van der Waals surface area contributed by atoms with Crippen molar-refractivity contribution in [3.05, 3.63) is 0 Å². The van der Waals surface area contributed by atoms with Crippen LogP contribution in [-0.2, 0) is 27.5 Å². The molecule has 0 radical (unpaired) electrons. The first-order chi connectivity index (χ1) is 14.9. The molecule has 1 unspecified atom stereocenters. The summed E-state index contributed by atoms with van der Waals surface area (Å²) in [6.45, 7) is 2.25. The molecule has 0 aliphatic heterocycles. The third kappa shape index (κ3) is 14.5. The predicted molar refractivity (Wildman–Crippen MR) is 138 cm³/mol. The molecule has 0 saturated carbocycles. The Morgan fingerprint density at radius 2 is 1.10 bits per heavy atom. The van der Waals surface area contributed by atoms with Crippen molar-refractivity contribution in [2.24, 2.45) is 5.92 Å². The molecule has 0 aromatic heterocycles. The van der Waals surface area contributed by atoms with E-state index in [9.17, 15) is 0 Å². The van der Waals surface area contributed by atoms with Gasteiger partial charge in [-0.05, 0) is 37.2 Å². The summed E-state index contributed by atoms with van der Waals surface area (Å²) in [5.41, 5.74) is 0. The van der Waals surface area contributed by atoms with Gasteiger partial charge >= 0.3 is 8.80 Å². The Kier molecular flexibility index (Phi) is 24.5. The number of ether oxygens (including phenoxy) is 3. The zero-order valence-corrected chi connectivity index (χ0v) is 23.9. The van der Waals surface area contributed by atoms with E-state index in [0.29, 0.717) is 0 Å². The molecule has 31 heavy (non-hydrogen) atoms. The SMILES string of the molecule is CCCCCCCCC(CCCS)C(OC)(OC)OC.CO[Si](CCCS)(OC)OC. The Bertz CT molecular complexity index is 355. The van der Waals surface area contributed by atoms with Crippen LogP contribution in [0.3, 0.4) is 0 Å². The Labute approximate surface area is 204 Å². The lowest BCUT2D eigenvalue weighted by Crippen LogP contribution is -2.44. The summed E-state index contributed by atoms with van der Waals surface area (Å²) in [5, 5.41) is 0. The van der Waals surface area contributed by atoms with Crippen molar-refractivity contribution in [1.82, 2.24) is 0 Å². The Hall–Kier alpha value is 0.677. The summed E-state index contributed by atoms with van der Waals surface area (Å²) in [5.74, 6) is 1.10. The molecule has 0 aromatic carbocycles. The second-order valence-electron chi connectivity index (χ2n) is 7.46. The molecule has 9 heteroatoms.